The molecule has 2 aliphatic rings. The molecule has 2 aromatic rings. The number of ether oxygens (including phenoxy) is 2. The van der Waals surface area contributed by atoms with Crippen LogP contribution in [0.2, 0.25) is 5.15 Å². The van der Waals surface area contributed by atoms with Crippen LogP contribution in [0.15, 0.2) is 18.2 Å². The number of hydrogen-bond donors (Lipinski definition) is 3. The van der Waals surface area contributed by atoms with Crippen LogP contribution in [-0.2, 0) is 12.1 Å². The van der Waals surface area contributed by atoms with E-state index in [1.807, 2.05) is 20.8 Å². The lowest BCUT2D eigenvalue weighted by molar-refractivity contribution is 0.0590. The highest BCUT2D eigenvalue weighted by molar-refractivity contribution is 6.33. The largest absolute Gasteiger partial charge is 0.497 e. The van der Waals surface area contributed by atoms with Crippen LogP contribution >= 0.6 is 11.6 Å². The first kappa shape index (κ1) is 29.7. The second-order valence-electron chi connectivity index (χ2n) is 12.0. The van der Waals surface area contributed by atoms with Gasteiger partial charge in [-0.25, -0.2) is 14.2 Å². The van der Waals surface area contributed by atoms with Gasteiger partial charge in [0.15, 0.2) is 11.6 Å². The number of hydrogen-bond acceptors (Lipinski definition) is 6. The molecule has 4 rings (SSSR count). The van der Waals surface area contributed by atoms with Crippen LogP contribution in [-0.4, -0.2) is 52.8 Å². The van der Waals surface area contributed by atoms with Crippen molar-refractivity contribution < 1.29 is 28.6 Å². The lowest BCUT2D eigenvalue weighted by Gasteiger charge is -2.52. The molecule has 218 valence electrons. The average Bonchev–Trinajstić information content (AvgIpc) is 3.08. The standard InChI is InChI=1S/C29H38ClFN4O5/c1-27(2,3)29(34-26(37)38)13-9-8-10-19(29)32-24-22(31)21-20(23(30)33-24)25(36)35(28(21,4)5)15-16-11-12-17(39-6)14-18(16)40-7/h11-12,14,19,34H,8-10,13,15H2,1-7H3,(H,32,33)(H,37,38). The molecule has 0 bridgehead atoms. The van der Waals surface area contributed by atoms with E-state index >= 15 is 4.39 Å². The Morgan fingerprint density at radius 1 is 1.25 bits per heavy atom. The van der Waals surface area contributed by atoms with Crippen LogP contribution in [0, 0.1) is 11.2 Å². The molecule has 2 atom stereocenters. The van der Waals surface area contributed by atoms with E-state index in [0.29, 0.717) is 24.3 Å². The lowest BCUT2D eigenvalue weighted by atomic mass is 9.63. The number of halogens is 2. The Kier molecular flexibility index (Phi) is 7.88. The summed E-state index contributed by atoms with van der Waals surface area (Å²) in [6.45, 7) is 9.58. The van der Waals surface area contributed by atoms with E-state index in [4.69, 9.17) is 21.1 Å². The number of carboxylic acid groups (broad SMARTS) is 1. The zero-order chi connectivity index (χ0) is 29.6. The minimum Gasteiger partial charge on any atom is -0.497 e. The molecular weight excluding hydrogens is 539 g/mol. The normalized spacial score (nSPS) is 22.1. The topological polar surface area (TPSA) is 113 Å². The number of fused-ring (bicyclic) bond motifs is 1. The highest BCUT2D eigenvalue weighted by Crippen LogP contribution is 2.47. The predicted octanol–water partition coefficient (Wildman–Crippen LogP) is 6.19. The van der Waals surface area contributed by atoms with Crippen LogP contribution in [0.25, 0.3) is 0 Å². The fourth-order valence-electron chi connectivity index (χ4n) is 6.30. The Labute approximate surface area is 239 Å². The molecule has 0 spiro atoms. The third kappa shape index (κ3) is 4.91. The van der Waals surface area contributed by atoms with Crippen molar-refractivity contribution in [3.63, 3.8) is 0 Å². The van der Waals surface area contributed by atoms with E-state index < -0.39 is 40.4 Å². The number of nitrogens with one attached hydrogen (secondary N) is 2. The molecular formula is C29H38ClFN4O5. The SMILES string of the molecule is COc1ccc(CN2C(=O)c3c(Cl)nc(NC4CCCCC4(NC(=O)O)C(C)(C)C)c(F)c3C2(C)C)c(OC)c1. The van der Waals surface area contributed by atoms with Crippen LogP contribution in [0.1, 0.15) is 81.8 Å². The number of rotatable bonds is 7. The molecule has 3 N–H and O–H groups in total. The number of amides is 2. The number of carbonyl (C=O) groups is 2. The Balaban J connectivity index is 1.74. The number of anilines is 1. The minimum atomic E-state index is -1.14. The quantitative estimate of drug-likeness (QED) is 0.337. The lowest BCUT2D eigenvalue weighted by Crippen LogP contribution is -2.67. The molecule has 2 heterocycles. The van der Waals surface area contributed by atoms with Crippen molar-refractivity contribution in [3.05, 3.63) is 45.9 Å². The van der Waals surface area contributed by atoms with Gasteiger partial charge in [-0.1, -0.05) is 45.2 Å². The molecule has 0 saturated heterocycles. The second-order valence-corrected chi connectivity index (χ2v) is 12.4. The van der Waals surface area contributed by atoms with Crippen LogP contribution < -0.4 is 20.1 Å². The molecule has 40 heavy (non-hydrogen) atoms. The molecule has 1 aliphatic carbocycles. The van der Waals surface area contributed by atoms with Crippen LogP contribution in [0.3, 0.4) is 0 Å². The highest BCUT2D eigenvalue weighted by Gasteiger charge is 2.52. The van der Waals surface area contributed by atoms with Crippen molar-refractivity contribution in [2.24, 2.45) is 5.41 Å². The summed E-state index contributed by atoms with van der Waals surface area (Å²) in [6, 6.07) is 4.85. The summed E-state index contributed by atoms with van der Waals surface area (Å²) < 4.78 is 27.2. The van der Waals surface area contributed by atoms with Crippen molar-refractivity contribution in [3.8, 4) is 11.5 Å². The Hall–Kier alpha value is -3.27. The van der Waals surface area contributed by atoms with Crippen LogP contribution in [0.5, 0.6) is 11.5 Å². The van der Waals surface area contributed by atoms with Gasteiger partial charge < -0.3 is 30.1 Å². The van der Waals surface area contributed by atoms with E-state index in [1.54, 1.807) is 44.1 Å². The Bertz CT molecular complexity index is 1330. The second kappa shape index (κ2) is 10.6. The van der Waals surface area contributed by atoms with Gasteiger partial charge >= 0.3 is 6.09 Å². The van der Waals surface area contributed by atoms with Crippen molar-refractivity contribution >= 4 is 29.4 Å². The van der Waals surface area contributed by atoms with E-state index in [0.717, 1.165) is 18.4 Å². The fraction of sp³-hybridized carbons (Fsp3) is 0.552. The van der Waals surface area contributed by atoms with Crippen molar-refractivity contribution in [1.82, 2.24) is 15.2 Å². The molecule has 2 amide bonds. The predicted molar refractivity (Wildman–Crippen MR) is 151 cm³/mol. The number of aromatic nitrogens is 1. The first-order valence-electron chi connectivity index (χ1n) is 13.4. The van der Waals surface area contributed by atoms with Gasteiger partial charge in [0.1, 0.15) is 16.7 Å². The summed E-state index contributed by atoms with van der Waals surface area (Å²) in [7, 11) is 3.09. The molecule has 1 aromatic carbocycles. The molecule has 1 aromatic heterocycles. The van der Waals surface area contributed by atoms with E-state index in [1.165, 1.54) is 7.11 Å². The highest BCUT2D eigenvalue weighted by atomic mass is 35.5. The van der Waals surface area contributed by atoms with Gasteiger partial charge in [0.25, 0.3) is 5.91 Å². The van der Waals surface area contributed by atoms with Gasteiger partial charge in [-0.3, -0.25) is 4.79 Å². The average molecular weight is 577 g/mol. The van der Waals surface area contributed by atoms with E-state index in [-0.39, 0.29) is 28.6 Å². The number of carbonyl (C=O) groups excluding carboxylic acids is 1. The number of benzene rings is 1. The summed E-state index contributed by atoms with van der Waals surface area (Å²) in [4.78, 5) is 31.4. The van der Waals surface area contributed by atoms with E-state index in [9.17, 15) is 14.7 Å². The van der Waals surface area contributed by atoms with Gasteiger partial charge in [0, 0.05) is 17.2 Å². The molecule has 11 heteroatoms. The molecule has 1 saturated carbocycles. The van der Waals surface area contributed by atoms with Crippen molar-refractivity contribution in [2.75, 3.05) is 19.5 Å². The third-order valence-electron chi connectivity index (χ3n) is 8.55. The van der Waals surface area contributed by atoms with Crippen LogP contribution in [0.4, 0.5) is 15.0 Å². The number of nitrogens with zero attached hydrogens (tertiary/aromatic N) is 2. The Morgan fingerprint density at radius 2 is 1.95 bits per heavy atom. The molecule has 0 radical (unpaired) electrons. The smallest absolute Gasteiger partial charge is 0.405 e. The monoisotopic (exact) mass is 576 g/mol. The van der Waals surface area contributed by atoms with Crippen molar-refractivity contribution in [2.45, 2.75) is 84.0 Å². The molecule has 1 fully saturated rings. The molecule has 2 unspecified atom stereocenters. The summed E-state index contributed by atoms with van der Waals surface area (Å²) in [5.41, 5.74) is -1.54. The molecule has 9 nitrogen and oxygen atoms in total. The van der Waals surface area contributed by atoms with E-state index in [2.05, 4.69) is 15.6 Å². The third-order valence-corrected chi connectivity index (χ3v) is 8.82. The maximum atomic E-state index is 16.4. The fourth-order valence-corrected chi connectivity index (χ4v) is 6.56. The maximum absolute atomic E-state index is 16.4. The summed E-state index contributed by atoms with van der Waals surface area (Å²) >= 11 is 6.58. The summed E-state index contributed by atoms with van der Waals surface area (Å²) in [5, 5.41) is 15.6. The zero-order valence-corrected chi connectivity index (χ0v) is 24.8. The molecule has 1 aliphatic heterocycles. The maximum Gasteiger partial charge on any atom is 0.405 e. The summed E-state index contributed by atoms with van der Waals surface area (Å²) in [6.07, 6.45) is 1.74. The van der Waals surface area contributed by atoms with Gasteiger partial charge in [0.2, 0.25) is 0 Å². The van der Waals surface area contributed by atoms with Gasteiger partial charge in [-0.15, -0.1) is 0 Å². The zero-order valence-electron chi connectivity index (χ0n) is 24.1. The van der Waals surface area contributed by atoms with Gasteiger partial charge in [-0.2, -0.15) is 0 Å². The number of methoxy groups -OCH3 is 2. The van der Waals surface area contributed by atoms with Gasteiger partial charge in [0.05, 0.1) is 43.4 Å². The minimum absolute atomic E-state index is 0.0246. The summed E-state index contributed by atoms with van der Waals surface area (Å²) in [5.74, 6) is -0.0639. The van der Waals surface area contributed by atoms with Gasteiger partial charge in [-0.05, 0) is 44.2 Å². The first-order valence-corrected chi connectivity index (χ1v) is 13.8. The van der Waals surface area contributed by atoms with Crippen molar-refractivity contribution in [1.29, 1.82) is 0 Å². The number of pyridine rings is 1. The first-order chi connectivity index (χ1) is 18.7. The Morgan fingerprint density at radius 3 is 2.55 bits per heavy atom.